The van der Waals surface area contributed by atoms with E-state index in [4.69, 9.17) is 4.74 Å². The normalized spacial score (nSPS) is 10.5. The maximum Gasteiger partial charge on any atom is 0.278 e. The molecular formula is C22H23N5O4S. The second-order valence-electron chi connectivity index (χ2n) is 6.83. The minimum Gasteiger partial charge on any atom is -0.497 e. The number of anilines is 2. The Morgan fingerprint density at radius 2 is 1.91 bits per heavy atom. The van der Waals surface area contributed by atoms with E-state index in [0.717, 1.165) is 17.3 Å². The third kappa shape index (κ3) is 5.94. The summed E-state index contributed by atoms with van der Waals surface area (Å²) < 4.78 is 5.13. The Morgan fingerprint density at radius 3 is 2.62 bits per heavy atom. The van der Waals surface area contributed by atoms with Gasteiger partial charge in [-0.3, -0.25) is 19.4 Å². The van der Waals surface area contributed by atoms with E-state index in [9.17, 15) is 14.4 Å². The van der Waals surface area contributed by atoms with Crippen molar-refractivity contribution >= 4 is 35.0 Å². The van der Waals surface area contributed by atoms with Crippen LogP contribution in [0.2, 0.25) is 0 Å². The predicted molar refractivity (Wildman–Crippen MR) is 124 cm³/mol. The van der Waals surface area contributed by atoms with Crippen LogP contribution in [0.3, 0.4) is 0 Å². The quantitative estimate of drug-likeness (QED) is 0.447. The fourth-order valence-corrected chi connectivity index (χ4v) is 3.40. The summed E-state index contributed by atoms with van der Waals surface area (Å²) in [4.78, 5) is 39.4. The molecule has 0 fully saturated rings. The van der Waals surface area contributed by atoms with E-state index >= 15 is 0 Å². The van der Waals surface area contributed by atoms with Crippen molar-refractivity contribution in [3.8, 4) is 17.0 Å². The zero-order chi connectivity index (χ0) is 23.1. The zero-order valence-electron chi connectivity index (χ0n) is 17.9. The van der Waals surface area contributed by atoms with Gasteiger partial charge in [0.15, 0.2) is 10.9 Å². The maximum absolute atomic E-state index is 12.7. The number of benzene rings is 2. The summed E-state index contributed by atoms with van der Waals surface area (Å²) in [5.74, 6) is 0.225. The van der Waals surface area contributed by atoms with Crippen molar-refractivity contribution in [2.75, 3.05) is 23.5 Å². The van der Waals surface area contributed by atoms with Crippen LogP contribution in [0.5, 0.6) is 5.75 Å². The van der Waals surface area contributed by atoms with E-state index in [-0.39, 0.29) is 28.4 Å². The van der Waals surface area contributed by atoms with Crippen molar-refractivity contribution in [3.05, 3.63) is 58.4 Å². The molecule has 0 radical (unpaired) electrons. The van der Waals surface area contributed by atoms with Crippen LogP contribution in [0.1, 0.15) is 18.9 Å². The summed E-state index contributed by atoms with van der Waals surface area (Å²) in [5, 5.41) is 13.8. The highest BCUT2D eigenvalue weighted by molar-refractivity contribution is 7.99. The van der Waals surface area contributed by atoms with Gasteiger partial charge >= 0.3 is 0 Å². The minimum absolute atomic E-state index is 0.0312. The number of carbonyl (C=O) groups excluding carboxylic acids is 2. The van der Waals surface area contributed by atoms with Crippen LogP contribution in [-0.2, 0) is 9.59 Å². The van der Waals surface area contributed by atoms with Gasteiger partial charge in [-0.1, -0.05) is 36.4 Å². The lowest BCUT2D eigenvalue weighted by Gasteiger charge is -2.11. The molecule has 0 aliphatic rings. The smallest absolute Gasteiger partial charge is 0.278 e. The van der Waals surface area contributed by atoms with Crippen LogP contribution in [0.15, 0.2) is 52.4 Å². The molecular weight excluding hydrogens is 430 g/mol. The molecule has 1 aromatic heterocycles. The number of thioether (sulfide) groups is 1. The number of amides is 2. The van der Waals surface area contributed by atoms with Gasteiger partial charge in [0, 0.05) is 23.7 Å². The van der Waals surface area contributed by atoms with Gasteiger partial charge in [-0.2, -0.15) is 0 Å². The number of nitrogens with one attached hydrogen (secondary N) is 3. The first-order chi connectivity index (χ1) is 15.4. The second kappa shape index (κ2) is 10.6. The van der Waals surface area contributed by atoms with E-state index in [1.165, 1.54) is 0 Å². The first-order valence-electron chi connectivity index (χ1n) is 9.84. The highest BCUT2D eigenvalue weighted by Gasteiger charge is 2.15. The highest BCUT2D eigenvalue weighted by Crippen LogP contribution is 2.26. The molecule has 3 rings (SSSR count). The summed E-state index contributed by atoms with van der Waals surface area (Å²) in [6.07, 6.45) is 0.308. The van der Waals surface area contributed by atoms with Gasteiger partial charge in [0.2, 0.25) is 11.8 Å². The number of nitrogens with zero attached hydrogens (tertiary/aromatic N) is 2. The van der Waals surface area contributed by atoms with E-state index in [0.29, 0.717) is 29.1 Å². The SMILES string of the molecule is CCC(=O)Nc1ccc(C)cc1-c1nnc(SCC(=O)Nc2cccc(OC)c2)[nH]c1=O. The average molecular weight is 454 g/mol. The molecule has 0 aliphatic carbocycles. The molecule has 2 aromatic carbocycles. The molecule has 0 saturated carbocycles. The molecule has 32 heavy (non-hydrogen) atoms. The van der Waals surface area contributed by atoms with Gasteiger partial charge in [-0.15, -0.1) is 10.2 Å². The monoisotopic (exact) mass is 453 g/mol. The van der Waals surface area contributed by atoms with Gasteiger partial charge in [0.1, 0.15) is 5.75 Å². The Kier molecular flexibility index (Phi) is 7.61. The van der Waals surface area contributed by atoms with Crippen molar-refractivity contribution in [1.82, 2.24) is 15.2 Å². The number of H-pyrrole nitrogens is 1. The summed E-state index contributed by atoms with van der Waals surface area (Å²) in [6, 6.07) is 12.3. The molecule has 0 spiro atoms. The molecule has 0 unspecified atom stereocenters. The van der Waals surface area contributed by atoms with Crippen LogP contribution < -0.4 is 20.9 Å². The van der Waals surface area contributed by atoms with Crippen LogP contribution in [-0.4, -0.2) is 39.9 Å². The molecule has 0 saturated heterocycles. The van der Waals surface area contributed by atoms with Crippen LogP contribution in [0, 0.1) is 6.92 Å². The van der Waals surface area contributed by atoms with Gasteiger partial charge in [-0.05, 0) is 31.2 Å². The summed E-state index contributed by atoms with van der Waals surface area (Å²) in [6.45, 7) is 3.62. The van der Waals surface area contributed by atoms with Crippen molar-refractivity contribution < 1.29 is 14.3 Å². The number of hydrogen-bond donors (Lipinski definition) is 3. The summed E-state index contributed by atoms with van der Waals surface area (Å²) in [7, 11) is 1.55. The van der Waals surface area contributed by atoms with Gasteiger partial charge in [0.05, 0.1) is 18.6 Å². The summed E-state index contributed by atoms with van der Waals surface area (Å²) in [5.41, 5.74) is 2.10. The molecule has 0 atom stereocenters. The molecule has 3 N–H and O–H groups in total. The first-order valence-corrected chi connectivity index (χ1v) is 10.8. The lowest BCUT2D eigenvalue weighted by atomic mass is 10.1. The molecule has 0 bridgehead atoms. The van der Waals surface area contributed by atoms with Crippen molar-refractivity contribution in [1.29, 1.82) is 0 Å². The van der Waals surface area contributed by atoms with Gasteiger partial charge in [0.25, 0.3) is 5.56 Å². The number of aromatic amines is 1. The third-order valence-electron chi connectivity index (χ3n) is 4.40. The molecule has 3 aromatic rings. The fourth-order valence-electron chi connectivity index (χ4n) is 2.80. The molecule has 10 heteroatoms. The largest absolute Gasteiger partial charge is 0.497 e. The first kappa shape index (κ1) is 23.0. The van der Waals surface area contributed by atoms with E-state index in [1.807, 2.05) is 13.0 Å². The Labute approximate surface area is 189 Å². The minimum atomic E-state index is -0.465. The molecule has 166 valence electrons. The molecule has 0 aliphatic heterocycles. The highest BCUT2D eigenvalue weighted by atomic mass is 32.2. The maximum atomic E-state index is 12.7. The van der Waals surface area contributed by atoms with Crippen molar-refractivity contribution in [2.45, 2.75) is 25.4 Å². The molecule has 2 amide bonds. The van der Waals surface area contributed by atoms with Crippen molar-refractivity contribution in [2.24, 2.45) is 0 Å². The second-order valence-corrected chi connectivity index (χ2v) is 7.79. The number of carbonyl (C=O) groups is 2. The number of ether oxygens (including phenoxy) is 1. The standard InChI is InChI=1S/C22H23N5O4S/c1-4-18(28)24-17-9-8-13(2)10-16(17)20-21(30)25-22(27-26-20)32-12-19(29)23-14-6-5-7-15(11-14)31-3/h5-11H,4,12H2,1-3H3,(H,23,29)(H,24,28)(H,25,27,30). The van der Waals surface area contributed by atoms with E-state index in [1.54, 1.807) is 50.4 Å². The number of aromatic nitrogens is 3. The van der Waals surface area contributed by atoms with Gasteiger partial charge < -0.3 is 15.4 Å². The van der Waals surface area contributed by atoms with E-state index in [2.05, 4.69) is 25.8 Å². The van der Waals surface area contributed by atoms with Crippen LogP contribution in [0.4, 0.5) is 11.4 Å². The lowest BCUT2D eigenvalue weighted by Crippen LogP contribution is -2.18. The van der Waals surface area contributed by atoms with Crippen LogP contribution in [0.25, 0.3) is 11.3 Å². The predicted octanol–water partition coefficient (Wildman–Crippen LogP) is 3.23. The molecule has 9 nitrogen and oxygen atoms in total. The summed E-state index contributed by atoms with van der Waals surface area (Å²) >= 11 is 1.06. The number of hydrogen-bond acceptors (Lipinski definition) is 7. The van der Waals surface area contributed by atoms with Crippen LogP contribution >= 0.6 is 11.8 Å². The Hall–Kier alpha value is -3.66. The van der Waals surface area contributed by atoms with Gasteiger partial charge in [-0.25, -0.2) is 0 Å². The lowest BCUT2D eigenvalue weighted by molar-refractivity contribution is -0.116. The third-order valence-corrected chi connectivity index (χ3v) is 5.26. The van der Waals surface area contributed by atoms with E-state index < -0.39 is 5.56 Å². The zero-order valence-corrected chi connectivity index (χ0v) is 18.7. The molecule has 1 heterocycles. The Balaban J connectivity index is 1.72. The van der Waals surface area contributed by atoms with Crippen molar-refractivity contribution in [3.63, 3.8) is 0 Å². The number of rotatable bonds is 8. The Bertz CT molecular complexity index is 1190. The number of methoxy groups -OCH3 is 1. The number of aryl methyl sites for hydroxylation is 1. The fraction of sp³-hybridized carbons (Fsp3) is 0.227. The topological polar surface area (TPSA) is 126 Å². The average Bonchev–Trinajstić information content (AvgIpc) is 2.79. The Morgan fingerprint density at radius 1 is 1.09 bits per heavy atom.